The van der Waals surface area contributed by atoms with Crippen molar-refractivity contribution >= 4 is 0 Å². The molecule has 3 heteroatoms. The highest BCUT2D eigenvalue weighted by Gasteiger charge is 2.48. The van der Waals surface area contributed by atoms with Gasteiger partial charge in [0.2, 0.25) is 0 Å². The van der Waals surface area contributed by atoms with Crippen molar-refractivity contribution in [2.75, 3.05) is 6.61 Å². The summed E-state index contributed by atoms with van der Waals surface area (Å²) in [5, 5.41) is 29.7. The molecule has 0 aromatic carbocycles. The zero-order chi connectivity index (χ0) is 13.6. The molecule has 2 rings (SSSR count). The van der Waals surface area contributed by atoms with E-state index < -0.39 is 5.60 Å². The molecule has 2 aliphatic rings. The quantitative estimate of drug-likeness (QED) is 0.659. The lowest BCUT2D eigenvalue weighted by atomic mass is 9.56. The molecule has 18 heavy (non-hydrogen) atoms. The minimum atomic E-state index is -1.02. The minimum absolute atomic E-state index is 0.0280. The Labute approximate surface area is 110 Å². The molecule has 0 saturated heterocycles. The molecule has 5 atom stereocenters. The van der Waals surface area contributed by atoms with Crippen LogP contribution >= 0.6 is 0 Å². The van der Waals surface area contributed by atoms with E-state index in [1.807, 2.05) is 0 Å². The molecule has 1 saturated carbocycles. The van der Waals surface area contributed by atoms with Crippen LogP contribution in [0.15, 0.2) is 11.6 Å². The normalized spacial score (nSPS) is 43.9. The summed E-state index contributed by atoms with van der Waals surface area (Å²) in [5.41, 5.74) is 0.387. The fourth-order valence-electron chi connectivity index (χ4n) is 3.69. The van der Waals surface area contributed by atoms with E-state index in [1.165, 1.54) is 5.57 Å². The summed E-state index contributed by atoms with van der Waals surface area (Å²) in [4.78, 5) is 0. The summed E-state index contributed by atoms with van der Waals surface area (Å²) in [6, 6.07) is 0. The van der Waals surface area contributed by atoms with Gasteiger partial charge in [-0.3, -0.25) is 0 Å². The maximum Gasteiger partial charge on any atom is 0.0880 e. The highest BCUT2D eigenvalue weighted by atomic mass is 16.3. The zero-order valence-corrected chi connectivity index (χ0v) is 11.7. The molecule has 104 valence electrons. The third-order valence-corrected chi connectivity index (χ3v) is 5.54. The number of fused-ring (bicyclic) bond motifs is 1. The largest absolute Gasteiger partial charge is 0.393 e. The van der Waals surface area contributed by atoms with Gasteiger partial charge in [-0.15, -0.1) is 0 Å². The van der Waals surface area contributed by atoms with Gasteiger partial charge in [-0.2, -0.15) is 0 Å². The lowest BCUT2D eigenvalue weighted by molar-refractivity contribution is -0.0762. The second kappa shape index (κ2) is 4.62. The van der Waals surface area contributed by atoms with E-state index in [-0.39, 0.29) is 30.0 Å². The Morgan fingerprint density at radius 3 is 2.78 bits per heavy atom. The van der Waals surface area contributed by atoms with Crippen LogP contribution in [0, 0.1) is 17.3 Å². The molecule has 0 spiro atoms. The second-order valence-electron chi connectivity index (χ2n) is 6.69. The summed E-state index contributed by atoms with van der Waals surface area (Å²) in [6.45, 7) is 5.82. The van der Waals surface area contributed by atoms with E-state index in [4.69, 9.17) is 0 Å². The van der Waals surface area contributed by atoms with Crippen LogP contribution in [0.25, 0.3) is 0 Å². The SMILES string of the molecule is C[C@@H]1[C@H](O)CCC2=CC[C@@H]([C@@](C)(O)CO)C[C@@]21C. The van der Waals surface area contributed by atoms with Gasteiger partial charge in [-0.05, 0) is 49.9 Å². The van der Waals surface area contributed by atoms with Crippen molar-refractivity contribution in [2.24, 2.45) is 17.3 Å². The van der Waals surface area contributed by atoms with Crippen LogP contribution in [-0.4, -0.2) is 33.6 Å². The molecule has 0 amide bonds. The number of aliphatic hydroxyl groups excluding tert-OH is 2. The summed E-state index contributed by atoms with van der Waals surface area (Å²) < 4.78 is 0. The number of hydrogen-bond acceptors (Lipinski definition) is 3. The van der Waals surface area contributed by atoms with E-state index in [2.05, 4.69) is 19.9 Å². The van der Waals surface area contributed by atoms with Crippen molar-refractivity contribution in [1.29, 1.82) is 0 Å². The lowest BCUT2D eigenvalue weighted by Crippen LogP contribution is -2.48. The molecule has 0 heterocycles. The van der Waals surface area contributed by atoms with Crippen molar-refractivity contribution in [2.45, 2.75) is 58.2 Å². The first-order valence-electron chi connectivity index (χ1n) is 7.02. The molecule has 0 bridgehead atoms. The average Bonchev–Trinajstić information content (AvgIpc) is 2.34. The Kier molecular flexibility index (Phi) is 3.60. The average molecular weight is 254 g/mol. The third-order valence-electron chi connectivity index (χ3n) is 5.54. The van der Waals surface area contributed by atoms with Gasteiger partial charge in [0.05, 0.1) is 18.3 Å². The molecule has 2 aliphatic carbocycles. The maximum absolute atomic E-state index is 10.3. The van der Waals surface area contributed by atoms with E-state index in [0.29, 0.717) is 0 Å². The van der Waals surface area contributed by atoms with Gasteiger partial charge in [-0.25, -0.2) is 0 Å². The summed E-state index contributed by atoms with van der Waals surface area (Å²) in [7, 11) is 0. The minimum Gasteiger partial charge on any atom is -0.393 e. The summed E-state index contributed by atoms with van der Waals surface area (Å²) in [6.07, 6.45) is 5.50. The fourth-order valence-corrected chi connectivity index (χ4v) is 3.69. The van der Waals surface area contributed by atoms with Gasteiger partial charge in [0, 0.05) is 0 Å². The van der Waals surface area contributed by atoms with Crippen molar-refractivity contribution < 1.29 is 15.3 Å². The predicted octanol–water partition coefficient (Wildman–Crippen LogP) is 1.86. The highest BCUT2D eigenvalue weighted by Crippen LogP contribution is 2.53. The second-order valence-corrected chi connectivity index (χ2v) is 6.69. The smallest absolute Gasteiger partial charge is 0.0880 e. The standard InChI is InChI=1S/C15H26O3/c1-10-13(17)7-6-11-4-5-12(8-14(10,11)2)15(3,18)9-16/h4,10,12-13,16-18H,5-9H2,1-3H3/t10-,12-,13-,14-,15+/m1/s1. The molecule has 3 N–H and O–H groups in total. The lowest BCUT2D eigenvalue weighted by Gasteiger charge is -2.51. The molecular formula is C15H26O3. The van der Waals surface area contributed by atoms with Crippen LogP contribution in [0.2, 0.25) is 0 Å². The van der Waals surface area contributed by atoms with Crippen LogP contribution in [0.4, 0.5) is 0 Å². The highest BCUT2D eigenvalue weighted by molar-refractivity contribution is 5.23. The van der Waals surface area contributed by atoms with E-state index in [9.17, 15) is 15.3 Å². The first kappa shape index (κ1) is 14.0. The van der Waals surface area contributed by atoms with Crippen LogP contribution in [-0.2, 0) is 0 Å². The molecule has 0 aromatic rings. The van der Waals surface area contributed by atoms with Crippen LogP contribution < -0.4 is 0 Å². The number of aliphatic hydroxyl groups is 3. The van der Waals surface area contributed by atoms with E-state index in [1.54, 1.807) is 6.92 Å². The van der Waals surface area contributed by atoms with E-state index >= 15 is 0 Å². The monoisotopic (exact) mass is 254 g/mol. The number of rotatable bonds is 2. The van der Waals surface area contributed by atoms with Crippen molar-refractivity contribution in [3.05, 3.63) is 11.6 Å². The Morgan fingerprint density at radius 1 is 1.50 bits per heavy atom. The topological polar surface area (TPSA) is 60.7 Å². The van der Waals surface area contributed by atoms with Crippen molar-refractivity contribution in [3.8, 4) is 0 Å². The molecule has 0 unspecified atom stereocenters. The first-order valence-corrected chi connectivity index (χ1v) is 7.02. The number of hydrogen-bond donors (Lipinski definition) is 3. The molecule has 1 fully saturated rings. The van der Waals surface area contributed by atoms with Gasteiger partial charge < -0.3 is 15.3 Å². The van der Waals surface area contributed by atoms with Gasteiger partial charge in [0.1, 0.15) is 0 Å². The van der Waals surface area contributed by atoms with Crippen LogP contribution in [0.1, 0.15) is 46.5 Å². The Bertz CT molecular complexity index is 348. The molecule has 0 aromatic heterocycles. The summed E-state index contributed by atoms with van der Waals surface area (Å²) in [5.74, 6) is 0.291. The van der Waals surface area contributed by atoms with Gasteiger partial charge >= 0.3 is 0 Å². The predicted molar refractivity (Wildman–Crippen MR) is 71.0 cm³/mol. The van der Waals surface area contributed by atoms with Gasteiger partial charge in [0.25, 0.3) is 0 Å². The Hall–Kier alpha value is -0.380. The fraction of sp³-hybridized carbons (Fsp3) is 0.867. The van der Waals surface area contributed by atoms with Crippen molar-refractivity contribution in [1.82, 2.24) is 0 Å². The first-order chi connectivity index (χ1) is 8.31. The maximum atomic E-state index is 10.3. The zero-order valence-electron chi connectivity index (χ0n) is 11.7. The Morgan fingerprint density at radius 2 is 2.17 bits per heavy atom. The molecule has 0 aliphatic heterocycles. The van der Waals surface area contributed by atoms with Gasteiger partial charge in [-0.1, -0.05) is 25.5 Å². The van der Waals surface area contributed by atoms with E-state index in [0.717, 1.165) is 25.7 Å². The molecule has 3 nitrogen and oxygen atoms in total. The summed E-state index contributed by atoms with van der Waals surface area (Å²) >= 11 is 0. The number of allylic oxidation sites excluding steroid dienone is 2. The third kappa shape index (κ3) is 2.13. The van der Waals surface area contributed by atoms with Crippen molar-refractivity contribution in [3.63, 3.8) is 0 Å². The molecular weight excluding hydrogens is 228 g/mol. The van der Waals surface area contributed by atoms with Gasteiger partial charge in [0.15, 0.2) is 0 Å². The van der Waals surface area contributed by atoms with Crippen LogP contribution in [0.5, 0.6) is 0 Å². The molecule has 0 radical (unpaired) electrons. The Balaban J connectivity index is 2.26. The van der Waals surface area contributed by atoms with Crippen LogP contribution in [0.3, 0.4) is 0 Å².